The molecule has 0 unspecified atom stereocenters. The molecule has 0 heterocycles. The van der Waals surface area contributed by atoms with Crippen molar-refractivity contribution in [2.75, 3.05) is 0 Å². The highest BCUT2D eigenvalue weighted by Crippen LogP contribution is 2.36. The van der Waals surface area contributed by atoms with Gasteiger partial charge < -0.3 is 4.74 Å². The van der Waals surface area contributed by atoms with Crippen LogP contribution >= 0.6 is 26.6 Å². The molecule has 0 spiro atoms. The van der Waals surface area contributed by atoms with E-state index >= 15 is 0 Å². The summed E-state index contributed by atoms with van der Waals surface area (Å²) in [7, 11) is 0.792. The average Bonchev–Trinajstić information content (AvgIpc) is 2.17. The monoisotopic (exact) mass is 363 g/mol. The summed E-state index contributed by atoms with van der Waals surface area (Å²) in [6, 6.07) is 2.94. The minimum atomic E-state index is -4.96. The zero-order chi connectivity index (χ0) is 14.1. The standard InChI is InChI=1S/C8H2BrClF3NO3S/c9-7-4(3-14)6(18(10,15)16)2-1-5(7)17-8(11,12)13/h1-2H. The maximum absolute atomic E-state index is 12.0. The van der Waals surface area contributed by atoms with E-state index in [1.165, 1.54) is 6.07 Å². The van der Waals surface area contributed by atoms with Gasteiger partial charge in [-0.1, -0.05) is 0 Å². The van der Waals surface area contributed by atoms with Gasteiger partial charge in [0.1, 0.15) is 16.7 Å². The Morgan fingerprint density at radius 1 is 1.39 bits per heavy atom. The maximum Gasteiger partial charge on any atom is 0.573 e. The Morgan fingerprint density at radius 2 is 1.94 bits per heavy atom. The highest BCUT2D eigenvalue weighted by molar-refractivity contribution is 9.10. The zero-order valence-corrected chi connectivity index (χ0v) is 11.3. The van der Waals surface area contributed by atoms with Gasteiger partial charge in [-0.05, 0) is 28.1 Å². The Kier molecular flexibility index (Phi) is 4.15. The van der Waals surface area contributed by atoms with Crippen LogP contribution in [0.15, 0.2) is 21.5 Å². The van der Waals surface area contributed by atoms with Gasteiger partial charge >= 0.3 is 6.36 Å². The van der Waals surface area contributed by atoms with Crippen molar-refractivity contribution in [2.45, 2.75) is 11.3 Å². The van der Waals surface area contributed by atoms with Crippen LogP contribution in [0.3, 0.4) is 0 Å². The second-order valence-corrected chi connectivity index (χ2v) is 6.18. The predicted molar refractivity (Wildman–Crippen MR) is 58.6 cm³/mol. The summed E-state index contributed by atoms with van der Waals surface area (Å²) >= 11 is 2.67. The van der Waals surface area contributed by atoms with Crippen molar-refractivity contribution in [1.82, 2.24) is 0 Å². The molecule has 98 valence electrons. The van der Waals surface area contributed by atoms with Crippen LogP contribution in [-0.2, 0) is 9.05 Å². The van der Waals surface area contributed by atoms with Gasteiger partial charge in [0.05, 0.1) is 10.0 Å². The number of benzene rings is 1. The van der Waals surface area contributed by atoms with Crippen LogP contribution < -0.4 is 4.74 Å². The van der Waals surface area contributed by atoms with E-state index in [-0.39, 0.29) is 0 Å². The number of nitrogens with zero attached hydrogens (tertiary/aromatic N) is 1. The molecule has 1 rings (SSSR count). The van der Waals surface area contributed by atoms with Crippen LogP contribution in [0, 0.1) is 11.3 Å². The number of halogens is 5. The molecule has 0 fully saturated rings. The van der Waals surface area contributed by atoms with Crippen LogP contribution in [-0.4, -0.2) is 14.8 Å². The number of ether oxygens (including phenoxy) is 1. The average molecular weight is 365 g/mol. The Balaban J connectivity index is 3.45. The van der Waals surface area contributed by atoms with Gasteiger partial charge in [-0.2, -0.15) is 5.26 Å². The zero-order valence-electron chi connectivity index (χ0n) is 8.12. The number of hydrogen-bond donors (Lipinski definition) is 0. The van der Waals surface area contributed by atoms with Crippen LogP contribution in [0.4, 0.5) is 13.2 Å². The molecule has 0 N–H and O–H groups in total. The quantitative estimate of drug-likeness (QED) is 0.756. The molecule has 0 saturated carbocycles. The third kappa shape index (κ3) is 3.51. The van der Waals surface area contributed by atoms with Gasteiger partial charge in [0, 0.05) is 10.7 Å². The molecule has 0 aromatic heterocycles. The third-order valence-electron chi connectivity index (χ3n) is 1.67. The van der Waals surface area contributed by atoms with E-state index in [0.29, 0.717) is 0 Å². The lowest BCUT2D eigenvalue weighted by Gasteiger charge is -2.12. The third-order valence-corrected chi connectivity index (χ3v) is 3.82. The summed E-state index contributed by atoms with van der Waals surface area (Å²) in [5.41, 5.74) is -0.563. The molecule has 0 atom stereocenters. The summed E-state index contributed by atoms with van der Waals surface area (Å²) < 4.78 is 61.4. The fourth-order valence-corrected chi connectivity index (χ4v) is 2.70. The number of nitriles is 1. The van der Waals surface area contributed by atoms with Crippen LogP contribution in [0.25, 0.3) is 0 Å². The minimum absolute atomic E-state index is 0.441. The van der Waals surface area contributed by atoms with Crippen molar-refractivity contribution < 1.29 is 26.3 Å². The summed E-state index contributed by atoms with van der Waals surface area (Å²) in [5, 5.41) is 8.75. The molecule has 1 aromatic carbocycles. The molecular formula is C8H2BrClF3NO3S. The maximum atomic E-state index is 12.0. The lowest BCUT2D eigenvalue weighted by atomic mass is 10.2. The van der Waals surface area contributed by atoms with Crippen molar-refractivity contribution in [3.05, 3.63) is 22.2 Å². The summed E-state index contributed by atoms with van der Waals surface area (Å²) in [5.74, 6) is -0.733. The van der Waals surface area contributed by atoms with Crippen molar-refractivity contribution >= 4 is 35.7 Å². The van der Waals surface area contributed by atoms with Crippen molar-refractivity contribution in [3.63, 3.8) is 0 Å². The Hall–Kier alpha value is -0.980. The van der Waals surface area contributed by atoms with Crippen LogP contribution in [0.1, 0.15) is 5.56 Å². The summed E-state index contributed by atoms with van der Waals surface area (Å²) in [6.07, 6.45) is -4.96. The van der Waals surface area contributed by atoms with Crippen LogP contribution in [0.5, 0.6) is 5.75 Å². The minimum Gasteiger partial charge on any atom is -0.405 e. The van der Waals surface area contributed by atoms with Crippen LogP contribution in [0.2, 0.25) is 0 Å². The van der Waals surface area contributed by atoms with Crippen molar-refractivity contribution in [3.8, 4) is 11.8 Å². The molecule has 0 bridgehead atoms. The fraction of sp³-hybridized carbons (Fsp3) is 0.125. The van der Waals surface area contributed by atoms with Crippen molar-refractivity contribution in [2.24, 2.45) is 0 Å². The molecule has 1 aromatic rings. The molecule has 0 radical (unpaired) electrons. The van der Waals surface area contributed by atoms with E-state index in [9.17, 15) is 21.6 Å². The molecule has 0 aliphatic heterocycles. The van der Waals surface area contributed by atoms with E-state index in [4.69, 9.17) is 15.9 Å². The second-order valence-electron chi connectivity index (χ2n) is 2.85. The smallest absolute Gasteiger partial charge is 0.405 e. The van der Waals surface area contributed by atoms with Crippen molar-refractivity contribution in [1.29, 1.82) is 5.26 Å². The topological polar surface area (TPSA) is 67.2 Å². The first-order chi connectivity index (χ1) is 8.06. The van der Waals surface area contributed by atoms with E-state index in [0.717, 1.165) is 12.1 Å². The molecule has 0 saturated heterocycles. The fourth-order valence-electron chi connectivity index (χ4n) is 1.05. The predicted octanol–water partition coefficient (Wildman–Crippen LogP) is 3.15. The number of alkyl halides is 3. The number of hydrogen-bond acceptors (Lipinski definition) is 4. The lowest BCUT2D eigenvalue weighted by Crippen LogP contribution is -2.17. The molecule has 10 heteroatoms. The molecular weight excluding hydrogens is 363 g/mol. The largest absolute Gasteiger partial charge is 0.573 e. The normalized spacial score (nSPS) is 12.0. The number of rotatable bonds is 2. The van der Waals surface area contributed by atoms with Gasteiger partial charge in [-0.15, -0.1) is 13.2 Å². The summed E-state index contributed by atoms with van der Waals surface area (Å²) in [6.45, 7) is 0. The molecule has 0 amide bonds. The first kappa shape index (κ1) is 15.1. The second kappa shape index (κ2) is 4.95. The Labute approximate surface area is 112 Å². The van der Waals surface area contributed by atoms with E-state index in [2.05, 4.69) is 20.7 Å². The molecule has 0 aliphatic carbocycles. The van der Waals surface area contributed by atoms with E-state index in [1.807, 2.05) is 0 Å². The van der Waals surface area contributed by atoms with Gasteiger partial charge in [-0.3, -0.25) is 0 Å². The highest BCUT2D eigenvalue weighted by atomic mass is 79.9. The molecule has 18 heavy (non-hydrogen) atoms. The van der Waals surface area contributed by atoms with E-state index in [1.54, 1.807) is 0 Å². The first-order valence-corrected chi connectivity index (χ1v) is 7.09. The first-order valence-electron chi connectivity index (χ1n) is 3.99. The van der Waals surface area contributed by atoms with Gasteiger partial charge in [0.15, 0.2) is 0 Å². The van der Waals surface area contributed by atoms with Gasteiger partial charge in [-0.25, -0.2) is 8.42 Å². The van der Waals surface area contributed by atoms with E-state index < -0.39 is 36.1 Å². The summed E-state index contributed by atoms with van der Waals surface area (Å²) in [4.78, 5) is -0.604. The molecule has 0 aliphatic rings. The Bertz CT molecular complexity index is 624. The van der Waals surface area contributed by atoms with Gasteiger partial charge in [0.25, 0.3) is 9.05 Å². The molecule has 4 nitrogen and oxygen atoms in total. The van der Waals surface area contributed by atoms with Gasteiger partial charge in [0.2, 0.25) is 0 Å². The lowest BCUT2D eigenvalue weighted by molar-refractivity contribution is -0.274. The highest BCUT2D eigenvalue weighted by Gasteiger charge is 2.33. The Morgan fingerprint density at radius 3 is 2.33 bits per heavy atom. The SMILES string of the molecule is N#Cc1c(S(=O)(=O)Cl)ccc(OC(F)(F)F)c1Br.